The van der Waals surface area contributed by atoms with Crippen molar-refractivity contribution in [2.45, 2.75) is 0 Å². The van der Waals surface area contributed by atoms with Gasteiger partial charge in [-0.3, -0.25) is 0 Å². The number of hydrogen-bond acceptors (Lipinski definition) is 5. The van der Waals surface area contributed by atoms with Crippen molar-refractivity contribution in [3.63, 3.8) is 0 Å². The monoisotopic (exact) mass is 276 g/mol. The minimum absolute atomic E-state index is 0.305. The van der Waals surface area contributed by atoms with E-state index in [0.717, 1.165) is 11.1 Å². The molecule has 0 amide bonds. The first-order chi connectivity index (χ1) is 9.67. The fraction of sp³-hybridized carbons (Fsp3) is 0.267. The van der Waals surface area contributed by atoms with Gasteiger partial charge < -0.3 is 18.9 Å². The molecular formula is C15H16O5. The third-order valence-corrected chi connectivity index (χ3v) is 2.86. The smallest absolute Gasteiger partial charge is 0.331 e. The third kappa shape index (κ3) is 2.93. The van der Waals surface area contributed by atoms with E-state index in [4.69, 9.17) is 18.9 Å². The second-order valence-corrected chi connectivity index (χ2v) is 4.12. The summed E-state index contributed by atoms with van der Waals surface area (Å²) in [6, 6.07) is 3.66. The Balaban J connectivity index is 2.30. The van der Waals surface area contributed by atoms with Gasteiger partial charge in [0, 0.05) is 6.08 Å². The fourth-order valence-corrected chi connectivity index (χ4v) is 1.89. The van der Waals surface area contributed by atoms with E-state index in [9.17, 15) is 4.79 Å². The number of cyclic esters (lactones) is 1. The van der Waals surface area contributed by atoms with Crippen molar-refractivity contribution in [1.29, 1.82) is 0 Å². The van der Waals surface area contributed by atoms with Crippen molar-refractivity contribution in [3.05, 3.63) is 35.4 Å². The van der Waals surface area contributed by atoms with Crippen LogP contribution < -0.4 is 14.2 Å². The van der Waals surface area contributed by atoms with Crippen molar-refractivity contribution in [3.8, 4) is 17.2 Å². The van der Waals surface area contributed by atoms with Gasteiger partial charge in [0.2, 0.25) is 5.75 Å². The summed E-state index contributed by atoms with van der Waals surface area (Å²) in [6.45, 7) is 0.305. The van der Waals surface area contributed by atoms with Gasteiger partial charge in [-0.15, -0.1) is 0 Å². The zero-order valence-electron chi connectivity index (χ0n) is 11.6. The minimum Gasteiger partial charge on any atom is -0.493 e. The number of carbonyl (C=O) groups excluding carboxylic acids is 1. The highest BCUT2D eigenvalue weighted by atomic mass is 16.5. The summed E-state index contributed by atoms with van der Waals surface area (Å²) in [5, 5.41) is 0. The molecule has 1 aromatic rings. The van der Waals surface area contributed by atoms with Gasteiger partial charge in [-0.25, -0.2) is 4.79 Å². The lowest BCUT2D eigenvalue weighted by atomic mass is 10.1. The van der Waals surface area contributed by atoms with Gasteiger partial charge in [-0.1, -0.05) is 12.2 Å². The molecule has 0 saturated carbocycles. The Bertz CT molecular complexity index is 547. The van der Waals surface area contributed by atoms with Gasteiger partial charge in [-0.05, 0) is 23.3 Å². The van der Waals surface area contributed by atoms with Crippen LogP contribution in [0.25, 0.3) is 6.08 Å². The molecule has 106 valence electrons. The fourth-order valence-electron chi connectivity index (χ4n) is 1.89. The van der Waals surface area contributed by atoms with Gasteiger partial charge >= 0.3 is 5.97 Å². The van der Waals surface area contributed by atoms with Crippen molar-refractivity contribution < 1.29 is 23.7 Å². The summed E-state index contributed by atoms with van der Waals surface area (Å²) in [4.78, 5) is 11.0. The topological polar surface area (TPSA) is 54.0 Å². The van der Waals surface area contributed by atoms with Crippen LogP contribution in [0.15, 0.2) is 29.9 Å². The molecule has 1 aliphatic heterocycles. The van der Waals surface area contributed by atoms with Crippen LogP contribution in [-0.4, -0.2) is 33.9 Å². The highest BCUT2D eigenvalue weighted by molar-refractivity contribution is 5.86. The number of esters is 1. The number of ether oxygens (including phenoxy) is 4. The number of methoxy groups -OCH3 is 3. The van der Waals surface area contributed by atoms with Crippen LogP contribution in [0.3, 0.4) is 0 Å². The van der Waals surface area contributed by atoms with Crippen LogP contribution in [0.5, 0.6) is 17.2 Å². The van der Waals surface area contributed by atoms with Gasteiger partial charge in [0.1, 0.15) is 6.61 Å². The summed E-state index contributed by atoms with van der Waals surface area (Å²) in [5.74, 6) is 1.40. The van der Waals surface area contributed by atoms with Crippen molar-refractivity contribution in [2.75, 3.05) is 27.9 Å². The van der Waals surface area contributed by atoms with Gasteiger partial charge in [0.15, 0.2) is 11.5 Å². The first kappa shape index (κ1) is 14.0. The first-order valence-electron chi connectivity index (χ1n) is 6.03. The molecular weight excluding hydrogens is 260 g/mol. The molecule has 0 unspecified atom stereocenters. The van der Waals surface area contributed by atoms with Crippen molar-refractivity contribution in [2.24, 2.45) is 0 Å². The Labute approximate surface area is 117 Å². The SMILES string of the molecule is COc1cc(/C=C\C2=CC(=O)OC2)cc(OC)c1OC. The summed E-state index contributed by atoms with van der Waals surface area (Å²) >= 11 is 0. The molecule has 5 nitrogen and oxygen atoms in total. The van der Waals surface area contributed by atoms with Crippen LogP contribution in [0.4, 0.5) is 0 Å². The molecule has 0 atom stereocenters. The van der Waals surface area contributed by atoms with Crippen LogP contribution >= 0.6 is 0 Å². The van der Waals surface area contributed by atoms with E-state index in [2.05, 4.69) is 0 Å². The molecule has 1 aromatic carbocycles. The van der Waals surface area contributed by atoms with E-state index >= 15 is 0 Å². The second-order valence-electron chi connectivity index (χ2n) is 4.12. The predicted octanol–water partition coefficient (Wildman–Crippen LogP) is 2.21. The second kappa shape index (κ2) is 6.14. The highest BCUT2D eigenvalue weighted by Crippen LogP contribution is 2.38. The maximum atomic E-state index is 11.0. The van der Waals surface area contributed by atoms with Crippen molar-refractivity contribution in [1.82, 2.24) is 0 Å². The Morgan fingerprint density at radius 3 is 2.15 bits per heavy atom. The molecule has 1 aliphatic rings. The van der Waals surface area contributed by atoms with E-state index in [1.54, 1.807) is 21.3 Å². The largest absolute Gasteiger partial charge is 0.493 e. The molecule has 0 aromatic heterocycles. The number of carbonyl (C=O) groups is 1. The number of rotatable bonds is 5. The minimum atomic E-state index is -0.311. The Hall–Kier alpha value is -2.43. The van der Waals surface area contributed by atoms with Crippen LogP contribution in [0.1, 0.15) is 5.56 Å². The molecule has 0 saturated heterocycles. The van der Waals surface area contributed by atoms with E-state index in [1.165, 1.54) is 6.08 Å². The number of hydrogen-bond donors (Lipinski definition) is 0. The summed E-state index contributed by atoms with van der Waals surface area (Å²) < 4.78 is 20.6. The molecule has 0 spiro atoms. The van der Waals surface area contributed by atoms with Gasteiger partial charge in [0.05, 0.1) is 21.3 Å². The molecule has 0 N–H and O–H groups in total. The normalized spacial score (nSPS) is 14.2. The Kier molecular flexibility index (Phi) is 4.30. The maximum absolute atomic E-state index is 11.0. The molecule has 0 radical (unpaired) electrons. The van der Waals surface area contributed by atoms with Gasteiger partial charge in [0.25, 0.3) is 0 Å². The molecule has 5 heteroatoms. The summed E-state index contributed by atoms with van der Waals surface area (Å²) in [5.41, 5.74) is 1.70. The maximum Gasteiger partial charge on any atom is 0.331 e. The molecule has 0 fully saturated rings. The zero-order valence-corrected chi connectivity index (χ0v) is 11.6. The Morgan fingerprint density at radius 1 is 1.05 bits per heavy atom. The average molecular weight is 276 g/mol. The lowest BCUT2D eigenvalue weighted by molar-refractivity contribution is -0.134. The lowest BCUT2D eigenvalue weighted by Gasteiger charge is -2.12. The number of benzene rings is 1. The van der Waals surface area contributed by atoms with Crippen LogP contribution in [0.2, 0.25) is 0 Å². The average Bonchev–Trinajstić information content (AvgIpc) is 2.89. The predicted molar refractivity (Wildman–Crippen MR) is 74.2 cm³/mol. The van der Waals surface area contributed by atoms with E-state index in [0.29, 0.717) is 23.9 Å². The standard InChI is InChI=1S/C15H16O5/c1-17-12-6-10(7-13(18-2)15(12)19-3)4-5-11-8-14(16)20-9-11/h4-8H,9H2,1-3H3/b5-4-. The summed E-state index contributed by atoms with van der Waals surface area (Å²) in [7, 11) is 4.69. The molecule has 2 rings (SSSR count). The van der Waals surface area contributed by atoms with Crippen LogP contribution in [-0.2, 0) is 9.53 Å². The Morgan fingerprint density at radius 2 is 1.70 bits per heavy atom. The van der Waals surface area contributed by atoms with E-state index in [1.807, 2.05) is 24.3 Å². The van der Waals surface area contributed by atoms with Gasteiger partial charge in [-0.2, -0.15) is 0 Å². The summed E-state index contributed by atoms with van der Waals surface area (Å²) in [6.07, 6.45) is 5.15. The zero-order chi connectivity index (χ0) is 14.5. The molecule has 1 heterocycles. The third-order valence-electron chi connectivity index (χ3n) is 2.86. The molecule has 0 aliphatic carbocycles. The highest BCUT2D eigenvalue weighted by Gasteiger charge is 2.13. The van der Waals surface area contributed by atoms with Crippen molar-refractivity contribution >= 4 is 12.0 Å². The first-order valence-corrected chi connectivity index (χ1v) is 6.03. The molecule has 0 bridgehead atoms. The molecule has 20 heavy (non-hydrogen) atoms. The quantitative estimate of drug-likeness (QED) is 0.772. The lowest BCUT2D eigenvalue weighted by Crippen LogP contribution is -1.95. The van der Waals surface area contributed by atoms with E-state index < -0.39 is 0 Å². The van der Waals surface area contributed by atoms with E-state index in [-0.39, 0.29) is 5.97 Å². The van der Waals surface area contributed by atoms with Crippen LogP contribution in [0, 0.1) is 0 Å².